The normalized spacial score (nSPS) is 11.0. The van der Waals surface area contributed by atoms with Crippen molar-refractivity contribution in [1.82, 2.24) is 10.4 Å². The number of para-hydroxylation sites is 2. The molecular weight excluding hydrogens is 314 g/mol. The molecule has 0 bridgehead atoms. The van der Waals surface area contributed by atoms with Gasteiger partial charge in [-0.3, -0.25) is 4.79 Å². The van der Waals surface area contributed by atoms with Crippen molar-refractivity contribution in [1.29, 1.82) is 0 Å². The number of fused-ring (bicyclic) bond motifs is 1. The molecule has 23 heavy (non-hydrogen) atoms. The third kappa shape index (κ3) is 3.30. The number of hydrogen-bond acceptors (Lipinski definition) is 4. The predicted molar refractivity (Wildman–Crippen MR) is 89.9 cm³/mol. The number of halogens is 1. The lowest BCUT2D eigenvalue weighted by Crippen LogP contribution is -2.17. The fraction of sp³-hybridized carbons (Fsp3) is 0. The molecule has 2 N–H and O–H groups in total. The van der Waals surface area contributed by atoms with Crippen LogP contribution in [0.25, 0.3) is 10.9 Å². The van der Waals surface area contributed by atoms with Gasteiger partial charge in [0.1, 0.15) is 10.9 Å². The number of hydrazone groups is 1. The molecule has 1 aromatic heterocycles. The average molecular weight is 326 g/mol. The smallest absolute Gasteiger partial charge is 0.275 e. The Morgan fingerprint density at radius 1 is 1.17 bits per heavy atom. The van der Waals surface area contributed by atoms with Gasteiger partial charge in [0.2, 0.25) is 0 Å². The summed E-state index contributed by atoms with van der Waals surface area (Å²) in [7, 11) is 0. The first-order chi connectivity index (χ1) is 11.1. The van der Waals surface area contributed by atoms with E-state index in [1.165, 1.54) is 18.3 Å². The molecule has 5 nitrogen and oxygen atoms in total. The minimum absolute atomic E-state index is 0.106. The molecule has 0 aliphatic carbocycles. The van der Waals surface area contributed by atoms with Crippen LogP contribution in [0.3, 0.4) is 0 Å². The topological polar surface area (TPSA) is 74.6 Å². The summed E-state index contributed by atoms with van der Waals surface area (Å²) in [5.41, 5.74) is 3.86. The van der Waals surface area contributed by atoms with E-state index in [9.17, 15) is 9.90 Å². The van der Waals surface area contributed by atoms with Crippen LogP contribution >= 0.6 is 11.6 Å². The fourth-order valence-electron chi connectivity index (χ4n) is 2.09. The van der Waals surface area contributed by atoms with Crippen LogP contribution in [0.5, 0.6) is 5.75 Å². The van der Waals surface area contributed by atoms with Crippen molar-refractivity contribution in [3.05, 3.63) is 70.9 Å². The van der Waals surface area contributed by atoms with E-state index >= 15 is 0 Å². The molecule has 0 saturated heterocycles. The van der Waals surface area contributed by atoms with Gasteiger partial charge in [-0.15, -0.1) is 0 Å². The summed E-state index contributed by atoms with van der Waals surface area (Å²) in [6.07, 6.45) is 1.42. The van der Waals surface area contributed by atoms with Gasteiger partial charge in [-0.05, 0) is 24.3 Å². The van der Waals surface area contributed by atoms with Gasteiger partial charge < -0.3 is 5.11 Å². The Hall–Kier alpha value is -2.92. The molecule has 6 heteroatoms. The van der Waals surface area contributed by atoms with Gasteiger partial charge in [0, 0.05) is 10.9 Å². The lowest BCUT2D eigenvalue weighted by atomic mass is 10.2. The van der Waals surface area contributed by atoms with E-state index in [0.29, 0.717) is 10.7 Å². The molecule has 0 aliphatic heterocycles. The summed E-state index contributed by atoms with van der Waals surface area (Å²) in [6.45, 7) is 0. The standard InChI is InChI=1S/C17H12ClN3O2/c18-16-12(9-11-5-1-3-7-14(11)20-16)10-19-21-17(23)13-6-2-4-8-15(13)22/h1-10,22H,(H,21,23)/b19-10+. The van der Waals surface area contributed by atoms with Crippen LogP contribution < -0.4 is 5.43 Å². The first kappa shape index (κ1) is 15.0. The number of phenols is 1. The van der Waals surface area contributed by atoms with E-state index in [2.05, 4.69) is 15.5 Å². The molecule has 0 unspecified atom stereocenters. The number of benzene rings is 2. The van der Waals surface area contributed by atoms with Gasteiger partial charge in [0.25, 0.3) is 5.91 Å². The zero-order chi connectivity index (χ0) is 16.2. The molecule has 114 valence electrons. The highest BCUT2D eigenvalue weighted by molar-refractivity contribution is 6.32. The Labute approximate surface area is 137 Å². The third-order valence-corrected chi connectivity index (χ3v) is 3.53. The quantitative estimate of drug-likeness (QED) is 0.440. The maximum absolute atomic E-state index is 11.9. The van der Waals surface area contributed by atoms with Crippen LogP contribution in [0.15, 0.2) is 59.7 Å². The van der Waals surface area contributed by atoms with Gasteiger partial charge in [0.05, 0.1) is 17.3 Å². The van der Waals surface area contributed by atoms with E-state index in [1.54, 1.807) is 12.1 Å². The SMILES string of the molecule is O=C(N/N=C/c1cc2ccccc2nc1Cl)c1ccccc1O. The van der Waals surface area contributed by atoms with Crippen LogP contribution in [0, 0.1) is 0 Å². The van der Waals surface area contributed by atoms with Crippen molar-refractivity contribution in [2.75, 3.05) is 0 Å². The number of nitrogens with zero attached hydrogens (tertiary/aromatic N) is 2. The second kappa shape index (κ2) is 6.46. The summed E-state index contributed by atoms with van der Waals surface area (Å²) in [5, 5.41) is 14.7. The molecule has 0 atom stereocenters. The number of pyridine rings is 1. The van der Waals surface area contributed by atoms with E-state index in [-0.39, 0.29) is 11.3 Å². The summed E-state index contributed by atoms with van der Waals surface area (Å²) < 4.78 is 0. The van der Waals surface area contributed by atoms with Crippen molar-refractivity contribution in [2.24, 2.45) is 5.10 Å². The molecule has 0 saturated carbocycles. The monoisotopic (exact) mass is 325 g/mol. The minimum Gasteiger partial charge on any atom is -0.507 e. The number of carbonyl (C=O) groups is 1. The maximum Gasteiger partial charge on any atom is 0.275 e. The second-order valence-electron chi connectivity index (χ2n) is 4.78. The fourth-order valence-corrected chi connectivity index (χ4v) is 2.28. The summed E-state index contributed by atoms with van der Waals surface area (Å²) in [6, 6.07) is 15.6. The van der Waals surface area contributed by atoms with E-state index in [0.717, 1.165) is 10.9 Å². The summed E-state index contributed by atoms with van der Waals surface area (Å²) >= 11 is 6.11. The van der Waals surface area contributed by atoms with Gasteiger partial charge in [-0.1, -0.05) is 41.9 Å². The number of carbonyl (C=O) groups excluding carboxylic acids is 1. The zero-order valence-corrected chi connectivity index (χ0v) is 12.7. The van der Waals surface area contributed by atoms with Gasteiger partial charge >= 0.3 is 0 Å². The lowest BCUT2D eigenvalue weighted by molar-refractivity contribution is 0.0952. The molecule has 3 aromatic rings. The number of phenolic OH excluding ortho intramolecular Hbond substituents is 1. The molecule has 0 aliphatic rings. The number of amides is 1. The van der Waals surface area contributed by atoms with Crippen LogP contribution in [-0.4, -0.2) is 22.2 Å². The number of aromatic nitrogens is 1. The van der Waals surface area contributed by atoms with Crippen LogP contribution in [0.4, 0.5) is 0 Å². The molecule has 1 heterocycles. The summed E-state index contributed by atoms with van der Waals surface area (Å²) in [4.78, 5) is 16.2. The number of hydrogen-bond donors (Lipinski definition) is 2. The third-order valence-electron chi connectivity index (χ3n) is 3.22. The Balaban J connectivity index is 1.79. The first-order valence-electron chi connectivity index (χ1n) is 6.82. The number of aromatic hydroxyl groups is 1. The van der Waals surface area contributed by atoms with Crippen molar-refractivity contribution < 1.29 is 9.90 Å². The Kier molecular flexibility index (Phi) is 4.21. The maximum atomic E-state index is 11.9. The molecule has 0 fully saturated rings. The average Bonchev–Trinajstić information content (AvgIpc) is 2.55. The van der Waals surface area contributed by atoms with E-state index < -0.39 is 5.91 Å². The van der Waals surface area contributed by atoms with Crippen molar-refractivity contribution in [2.45, 2.75) is 0 Å². The molecular formula is C17H12ClN3O2. The van der Waals surface area contributed by atoms with E-state index in [4.69, 9.17) is 11.6 Å². The van der Waals surface area contributed by atoms with Crippen LogP contribution in [-0.2, 0) is 0 Å². The molecule has 2 aromatic carbocycles. The Bertz CT molecular complexity index is 909. The zero-order valence-electron chi connectivity index (χ0n) is 11.9. The minimum atomic E-state index is -0.510. The highest BCUT2D eigenvalue weighted by atomic mass is 35.5. The number of rotatable bonds is 3. The highest BCUT2D eigenvalue weighted by Crippen LogP contribution is 2.19. The van der Waals surface area contributed by atoms with Gasteiger partial charge in [-0.25, -0.2) is 10.4 Å². The van der Waals surface area contributed by atoms with Gasteiger partial charge in [0.15, 0.2) is 0 Å². The first-order valence-corrected chi connectivity index (χ1v) is 7.19. The van der Waals surface area contributed by atoms with Crippen LogP contribution in [0.2, 0.25) is 5.15 Å². The predicted octanol–water partition coefficient (Wildman–Crippen LogP) is 3.36. The van der Waals surface area contributed by atoms with Gasteiger partial charge in [-0.2, -0.15) is 5.10 Å². The van der Waals surface area contributed by atoms with E-state index in [1.807, 2.05) is 30.3 Å². The van der Waals surface area contributed by atoms with Crippen molar-refractivity contribution in [3.63, 3.8) is 0 Å². The molecule has 0 spiro atoms. The largest absolute Gasteiger partial charge is 0.507 e. The summed E-state index contributed by atoms with van der Waals surface area (Å²) in [5.74, 6) is -0.616. The van der Waals surface area contributed by atoms with Crippen LogP contribution in [0.1, 0.15) is 15.9 Å². The van der Waals surface area contributed by atoms with Crippen molar-refractivity contribution in [3.8, 4) is 5.75 Å². The molecule has 1 amide bonds. The Morgan fingerprint density at radius 2 is 1.91 bits per heavy atom. The lowest BCUT2D eigenvalue weighted by Gasteiger charge is -2.03. The number of nitrogens with one attached hydrogen (secondary N) is 1. The van der Waals surface area contributed by atoms with Crippen molar-refractivity contribution >= 4 is 34.6 Å². The molecule has 3 rings (SSSR count). The highest BCUT2D eigenvalue weighted by Gasteiger charge is 2.09. The molecule has 0 radical (unpaired) electrons. The second-order valence-corrected chi connectivity index (χ2v) is 5.14. The Morgan fingerprint density at radius 3 is 2.74 bits per heavy atom.